The molecule has 0 saturated carbocycles. The zero-order chi connectivity index (χ0) is 31.0. The zero-order valence-corrected chi connectivity index (χ0v) is 24.5. The van der Waals surface area contributed by atoms with Gasteiger partial charge in [-0.15, -0.1) is 0 Å². The monoisotopic (exact) mass is 610 g/mol. The van der Waals surface area contributed by atoms with E-state index in [1.807, 2.05) is 36.4 Å². The summed E-state index contributed by atoms with van der Waals surface area (Å²) in [5.41, 5.74) is 3.02. The molecule has 0 amide bonds. The van der Waals surface area contributed by atoms with E-state index in [1.54, 1.807) is 50.2 Å². The third-order valence-electron chi connectivity index (χ3n) is 7.36. The largest absolute Gasteiger partial charge is 0.379 e. The number of aryl methyl sites for hydroxylation is 2. The molecular weight excluding hydrogens is 583 g/mol. The summed E-state index contributed by atoms with van der Waals surface area (Å²) in [6.07, 6.45) is 0. The fourth-order valence-corrected chi connectivity index (χ4v) is 6.22. The van der Waals surface area contributed by atoms with Gasteiger partial charge in [-0.3, -0.25) is 19.8 Å². The van der Waals surface area contributed by atoms with Gasteiger partial charge in [-0.2, -0.15) is 8.42 Å². The number of hydrogen-bond donors (Lipinski definition) is 2. The number of nitrogens with zero attached hydrogens (tertiary/aromatic N) is 2. The molecule has 44 heavy (non-hydrogen) atoms. The van der Waals surface area contributed by atoms with Gasteiger partial charge in [0.2, 0.25) is 0 Å². The summed E-state index contributed by atoms with van der Waals surface area (Å²) in [6.45, 7) is 3.54. The van der Waals surface area contributed by atoms with Gasteiger partial charge in [0, 0.05) is 17.3 Å². The molecule has 2 aromatic heterocycles. The summed E-state index contributed by atoms with van der Waals surface area (Å²) >= 11 is 0. The molecule has 0 bridgehead atoms. The van der Waals surface area contributed by atoms with Crippen LogP contribution in [0.1, 0.15) is 34.0 Å². The standard InChI is InChI=1S/C33H27FN4O5S/c1-21-29(32(39)37(35-21)25-9-5-3-6-10-25)31(30-22(2)36-38(33(30)40)26-11-7-4-8-12-26)23-13-17-27(18-14-23)43-44(41,42)28-19-15-24(34)16-20-28/h3-20,31,35-36H,1-2H3. The minimum atomic E-state index is -4.23. The molecule has 6 rings (SSSR count). The first-order valence-electron chi connectivity index (χ1n) is 13.7. The normalized spacial score (nSPS) is 11.6. The second-order valence-electron chi connectivity index (χ2n) is 10.2. The molecule has 2 N–H and O–H groups in total. The maximum Gasteiger partial charge on any atom is 0.339 e. The summed E-state index contributed by atoms with van der Waals surface area (Å²) in [7, 11) is -4.23. The predicted molar refractivity (Wildman–Crippen MR) is 164 cm³/mol. The molecule has 0 aliphatic rings. The molecule has 0 radical (unpaired) electrons. The maximum absolute atomic E-state index is 14.0. The van der Waals surface area contributed by atoms with Crippen LogP contribution in [0.25, 0.3) is 11.4 Å². The van der Waals surface area contributed by atoms with Crippen molar-refractivity contribution in [1.29, 1.82) is 0 Å². The van der Waals surface area contributed by atoms with E-state index in [-0.39, 0.29) is 21.8 Å². The third kappa shape index (κ3) is 5.29. The number of H-pyrrole nitrogens is 2. The lowest BCUT2D eigenvalue weighted by Gasteiger charge is -2.16. The van der Waals surface area contributed by atoms with Crippen molar-refractivity contribution in [2.75, 3.05) is 0 Å². The number of hydrogen-bond acceptors (Lipinski definition) is 5. The van der Waals surface area contributed by atoms with Gasteiger partial charge >= 0.3 is 10.1 Å². The van der Waals surface area contributed by atoms with Gasteiger partial charge in [0.05, 0.1) is 22.5 Å². The molecule has 0 unspecified atom stereocenters. The van der Waals surface area contributed by atoms with Gasteiger partial charge in [0.15, 0.2) is 0 Å². The van der Waals surface area contributed by atoms with Crippen LogP contribution < -0.4 is 15.3 Å². The number of benzene rings is 4. The Morgan fingerprint density at radius 3 is 1.57 bits per heavy atom. The number of para-hydroxylation sites is 2. The molecule has 4 aromatic carbocycles. The average Bonchev–Trinajstić information content (AvgIpc) is 3.49. The highest BCUT2D eigenvalue weighted by atomic mass is 32.2. The lowest BCUT2D eigenvalue weighted by Crippen LogP contribution is -2.25. The molecule has 6 aromatic rings. The van der Waals surface area contributed by atoms with Crippen LogP contribution in [0, 0.1) is 19.7 Å². The first-order chi connectivity index (χ1) is 21.1. The molecule has 0 fully saturated rings. The van der Waals surface area contributed by atoms with Gasteiger partial charge in [0.25, 0.3) is 11.1 Å². The van der Waals surface area contributed by atoms with Crippen molar-refractivity contribution >= 4 is 10.1 Å². The van der Waals surface area contributed by atoms with E-state index in [1.165, 1.54) is 21.5 Å². The van der Waals surface area contributed by atoms with Crippen LogP contribution in [0.15, 0.2) is 124 Å². The molecule has 0 aliphatic heterocycles. The number of nitrogens with one attached hydrogen (secondary N) is 2. The zero-order valence-electron chi connectivity index (χ0n) is 23.7. The Hall–Kier alpha value is -5.42. The second kappa shape index (κ2) is 11.3. The Morgan fingerprint density at radius 1 is 0.659 bits per heavy atom. The van der Waals surface area contributed by atoms with Crippen molar-refractivity contribution in [3.05, 3.63) is 164 Å². The van der Waals surface area contributed by atoms with Crippen LogP contribution in [0.2, 0.25) is 0 Å². The smallest absolute Gasteiger partial charge is 0.339 e. The Bertz CT molecular complexity index is 2070. The molecule has 0 aliphatic carbocycles. The van der Waals surface area contributed by atoms with Crippen molar-refractivity contribution < 1.29 is 17.0 Å². The molecule has 222 valence electrons. The van der Waals surface area contributed by atoms with Gasteiger partial charge in [-0.05, 0) is 80.1 Å². The van der Waals surface area contributed by atoms with E-state index >= 15 is 0 Å². The van der Waals surface area contributed by atoms with E-state index in [0.29, 0.717) is 39.5 Å². The first-order valence-corrected chi connectivity index (χ1v) is 15.1. The third-order valence-corrected chi connectivity index (χ3v) is 8.62. The van der Waals surface area contributed by atoms with E-state index in [4.69, 9.17) is 4.18 Å². The van der Waals surface area contributed by atoms with Crippen LogP contribution in [0.4, 0.5) is 4.39 Å². The van der Waals surface area contributed by atoms with Gasteiger partial charge < -0.3 is 4.18 Å². The molecule has 11 heteroatoms. The molecule has 0 atom stereocenters. The number of aromatic amines is 2. The summed E-state index contributed by atoms with van der Waals surface area (Å²) < 4.78 is 47.1. The highest BCUT2D eigenvalue weighted by Crippen LogP contribution is 2.33. The van der Waals surface area contributed by atoms with Crippen LogP contribution in [0.5, 0.6) is 5.75 Å². The first kappa shape index (κ1) is 28.7. The van der Waals surface area contributed by atoms with Crippen LogP contribution >= 0.6 is 0 Å². The van der Waals surface area contributed by atoms with E-state index in [2.05, 4.69) is 10.2 Å². The number of aromatic nitrogens is 4. The number of rotatable bonds is 8. The van der Waals surface area contributed by atoms with Gasteiger partial charge in [-0.25, -0.2) is 13.8 Å². The summed E-state index contributed by atoms with van der Waals surface area (Å²) in [5.74, 6) is -1.38. The summed E-state index contributed by atoms with van der Waals surface area (Å²) in [4.78, 5) is 27.8. The lowest BCUT2D eigenvalue weighted by atomic mass is 9.85. The molecule has 0 saturated heterocycles. The minimum absolute atomic E-state index is 0.0109. The summed E-state index contributed by atoms with van der Waals surface area (Å²) in [5, 5.41) is 6.29. The van der Waals surface area contributed by atoms with Crippen molar-refractivity contribution in [1.82, 2.24) is 19.6 Å². The van der Waals surface area contributed by atoms with E-state index in [0.717, 1.165) is 24.3 Å². The van der Waals surface area contributed by atoms with Crippen molar-refractivity contribution in [3.8, 4) is 17.1 Å². The van der Waals surface area contributed by atoms with Gasteiger partial charge in [0.1, 0.15) is 16.5 Å². The van der Waals surface area contributed by atoms with Crippen LogP contribution in [-0.4, -0.2) is 28.0 Å². The average molecular weight is 611 g/mol. The number of halogens is 1. The molecule has 2 heterocycles. The predicted octanol–water partition coefficient (Wildman–Crippen LogP) is 5.35. The molecule has 0 spiro atoms. The Balaban J connectivity index is 1.48. The van der Waals surface area contributed by atoms with Crippen molar-refractivity contribution in [3.63, 3.8) is 0 Å². The Kier molecular flexibility index (Phi) is 7.40. The van der Waals surface area contributed by atoms with Crippen molar-refractivity contribution in [2.45, 2.75) is 24.7 Å². The second-order valence-corrected chi connectivity index (χ2v) is 11.8. The quantitative estimate of drug-likeness (QED) is 0.225. The maximum atomic E-state index is 14.0. The molecule has 9 nitrogen and oxygen atoms in total. The highest BCUT2D eigenvalue weighted by Gasteiger charge is 2.31. The summed E-state index contributed by atoms with van der Waals surface area (Å²) in [6, 6.07) is 28.7. The topological polar surface area (TPSA) is 119 Å². The fourth-order valence-electron chi connectivity index (χ4n) is 5.29. The SMILES string of the molecule is Cc1[nH]n(-c2ccccc2)c(=O)c1C(c1ccc(OS(=O)(=O)c2ccc(F)cc2)cc1)c1c(C)[nH]n(-c2ccccc2)c1=O. The lowest BCUT2D eigenvalue weighted by molar-refractivity contribution is 0.485. The fraction of sp³-hybridized carbons (Fsp3) is 0.0909. The molecular formula is C33H27FN4O5S. The van der Waals surface area contributed by atoms with Gasteiger partial charge in [-0.1, -0.05) is 48.5 Å². The van der Waals surface area contributed by atoms with Crippen LogP contribution in [-0.2, 0) is 10.1 Å². The minimum Gasteiger partial charge on any atom is -0.379 e. The van der Waals surface area contributed by atoms with E-state index < -0.39 is 21.9 Å². The van der Waals surface area contributed by atoms with Crippen molar-refractivity contribution in [2.24, 2.45) is 0 Å². The Labute approximate surface area is 251 Å². The van der Waals surface area contributed by atoms with E-state index in [9.17, 15) is 22.4 Å². The Morgan fingerprint density at radius 2 is 1.11 bits per heavy atom. The highest BCUT2D eigenvalue weighted by molar-refractivity contribution is 7.87. The van der Waals surface area contributed by atoms with Crippen LogP contribution in [0.3, 0.4) is 0 Å².